The molecule has 0 aromatic carbocycles. The lowest BCUT2D eigenvalue weighted by Gasteiger charge is -2.06. The average molecular weight is 141 g/mol. The minimum Gasteiger partial charge on any atom is -0.422 e. The number of carbonyl (C=O) groups excluding carboxylic acids is 1. The first-order chi connectivity index (χ1) is 4.70. The van der Waals surface area contributed by atoms with Crippen LogP contribution in [-0.4, -0.2) is 12.3 Å². The van der Waals surface area contributed by atoms with Crippen molar-refractivity contribution in [3.63, 3.8) is 0 Å². The highest BCUT2D eigenvalue weighted by Gasteiger charge is 2.04. The Kier molecular flexibility index (Phi) is 3.73. The highest BCUT2D eigenvalue weighted by atomic mass is 16.7. The van der Waals surface area contributed by atoms with Crippen molar-refractivity contribution < 1.29 is 14.3 Å². The molecule has 4 nitrogen and oxygen atoms in total. The normalized spacial score (nSPS) is 10.8. The summed E-state index contributed by atoms with van der Waals surface area (Å²) in [5.74, 6) is -0.609. The monoisotopic (exact) mass is 141 g/mol. The molecule has 0 amide bonds. The number of esters is 1. The van der Waals surface area contributed by atoms with E-state index in [0.29, 0.717) is 0 Å². The number of nitriles is 1. The molecule has 54 valence electrons. The summed E-state index contributed by atoms with van der Waals surface area (Å²) < 4.78 is 8.67. The number of ether oxygens (including phenoxy) is 2. The summed E-state index contributed by atoms with van der Waals surface area (Å²) in [6.07, 6.45) is 1.55. The molecule has 4 heteroatoms. The number of carbonyl (C=O) groups is 1. The molecule has 0 aliphatic heterocycles. The van der Waals surface area contributed by atoms with Gasteiger partial charge in [-0.2, -0.15) is 5.26 Å². The molecule has 0 saturated carbocycles. The molecule has 0 fully saturated rings. The molecule has 0 bridgehead atoms. The fraction of sp³-hybridized carbons (Fsp3) is 0.333. The molecule has 1 unspecified atom stereocenters. The summed E-state index contributed by atoms with van der Waals surface area (Å²) in [4.78, 5) is 10.4. The molecule has 0 saturated heterocycles. The molecular weight excluding hydrogens is 134 g/mol. The van der Waals surface area contributed by atoms with Gasteiger partial charge in [-0.05, 0) is 0 Å². The topological polar surface area (TPSA) is 59.3 Å². The van der Waals surface area contributed by atoms with E-state index in [1.807, 2.05) is 0 Å². The van der Waals surface area contributed by atoms with Crippen LogP contribution < -0.4 is 0 Å². The Bertz CT molecular complexity index is 170. The number of hydrogen-bond donors (Lipinski definition) is 0. The summed E-state index contributed by atoms with van der Waals surface area (Å²) in [7, 11) is 0. The predicted molar refractivity (Wildman–Crippen MR) is 32.4 cm³/mol. The number of rotatable bonds is 3. The van der Waals surface area contributed by atoms with Crippen LogP contribution in [0.4, 0.5) is 0 Å². The van der Waals surface area contributed by atoms with Crippen molar-refractivity contribution in [2.24, 2.45) is 0 Å². The van der Waals surface area contributed by atoms with Crippen LogP contribution in [0.25, 0.3) is 0 Å². The fourth-order valence-electron chi connectivity index (χ4n) is 0.310. The Hall–Kier alpha value is -1.50. The summed E-state index contributed by atoms with van der Waals surface area (Å²) in [5.41, 5.74) is 0. The Labute approximate surface area is 58.7 Å². The van der Waals surface area contributed by atoms with Crippen LogP contribution in [0.5, 0.6) is 0 Å². The Morgan fingerprint density at radius 2 is 2.50 bits per heavy atom. The van der Waals surface area contributed by atoms with Crippen LogP contribution >= 0.6 is 0 Å². The van der Waals surface area contributed by atoms with Crippen LogP contribution in [0.3, 0.4) is 0 Å². The number of nitrogens with zero attached hydrogens (tertiary/aromatic N) is 1. The molecule has 0 aliphatic carbocycles. The predicted octanol–water partition coefficient (Wildman–Crippen LogP) is 0.559. The second kappa shape index (κ2) is 4.39. The van der Waals surface area contributed by atoms with E-state index in [1.54, 1.807) is 0 Å². The van der Waals surface area contributed by atoms with Crippen molar-refractivity contribution in [1.29, 1.82) is 5.26 Å². The van der Waals surface area contributed by atoms with E-state index in [4.69, 9.17) is 5.26 Å². The van der Waals surface area contributed by atoms with E-state index in [1.165, 1.54) is 13.2 Å². The first-order valence-electron chi connectivity index (χ1n) is 2.58. The molecular formula is C6H7NO3. The van der Waals surface area contributed by atoms with Gasteiger partial charge in [0.15, 0.2) is 0 Å². The SMILES string of the molecule is C=CC(=O)OC(C)OC#N. The Morgan fingerprint density at radius 1 is 1.90 bits per heavy atom. The first-order valence-corrected chi connectivity index (χ1v) is 2.58. The largest absolute Gasteiger partial charge is 0.422 e. The summed E-state index contributed by atoms with van der Waals surface area (Å²) in [6.45, 7) is 4.60. The average Bonchev–Trinajstić information content (AvgIpc) is 1.88. The van der Waals surface area contributed by atoms with Gasteiger partial charge < -0.3 is 9.47 Å². The van der Waals surface area contributed by atoms with Gasteiger partial charge >= 0.3 is 5.97 Å². The maximum absolute atomic E-state index is 10.4. The van der Waals surface area contributed by atoms with Gasteiger partial charge in [0.05, 0.1) is 0 Å². The molecule has 0 rings (SSSR count). The van der Waals surface area contributed by atoms with Gasteiger partial charge in [0.1, 0.15) is 0 Å². The van der Waals surface area contributed by atoms with Crippen molar-refractivity contribution >= 4 is 5.97 Å². The highest BCUT2D eigenvalue weighted by molar-refractivity contribution is 5.81. The van der Waals surface area contributed by atoms with Crippen molar-refractivity contribution in [3.05, 3.63) is 12.7 Å². The standard InChI is InChI=1S/C6H7NO3/c1-3-6(8)10-5(2)9-4-7/h3,5H,1H2,2H3. The second-order valence-corrected chi connectivity index (χ2v) is 1.42. The lowest BCUT2D eigenvalue weighted by atomic mass is 10.6. The quantitative estimate of drug-likeness (QED) is 0.249. The Balaban J connectivity index is 3.58. The zero-order valence-electron chi connectivity index (χ0n) is 5.53. The van der Waals surface area contributed by atoms with Crippen LogP contribution in [0.15, 0.2) is 12.7 Å². The molecule has 0 aromatic rings. The first kappa shape index (κ1) is 8.50. The van der Waals surface area contributed by atoms with Crippen LogP contribution in [-0.2, 0) is 14.3 Å². The molecule has 0 spiro atoms. The van der Waals surface area contributed by atoms with Crippen molar-refractivity contribution in [2.75, 3.05) is 0 Å². The Morgan fingerprint density at radius 3 is 2.90 bits per heavy atom. The van der Waals surface area contributed by atoms with Gasteiger partial charge in [0, 0.05) is 13.0 Å². The summed E-state index contributed by atoms with van der Waals surface area (Å²) in [5, 5.41) is 7.93. The van der Waals surface area contributed by atoms with Crippen LogP contribution in [0.1, 0.15) is 6.92 Å². The molecule has 0 N–H and O–H groups in total. The summed E-state index contributed by atoms with van der Waals surface area (Å²) in [6, 6.07) is 0. The van der Waals surface area contributed by atoms with Crippen LogP contribution in [0.2, 0.25) is 0 Å². The van der Waals surface area contributed by atoms with Crippen molar-refractivity contribution in [1.82, 2.24) is 0 Å². The molecule has 1 atom stereocenters. The highest BCUT2D eigenvalue weighted by Crippen LogP contribution is 1.92. The molecule has 10 heavy (non-hydrogen) atoms. The zero-order chi connectivity index (χ0) is 7.98. The third-order valence-electron chi connectivity index (χ3n) is 0.667. The minimum absolute atomic E-state index is 0.609. The molecule has 0 radical (unpaired) electrons. The van der Waals surface area contributed by atoms with Gasteiger partial charge in [-0.1, -0.05) is 6.58 Å². The fourth-order valence-corrected chi connectivity index (χ4v) is 0.310. The maximum Gasteiger partial charge on any atom is 0.333 e. The molecule has 0 aromatic heterocycles. The van der Waals surface area contributed by atoms with Gasteiger partial charge in [0.2, 0.25) is 0 Å². The third-order valence-corrected chi connectivity index (χ3v) is 0.667. The van der Waals surface area contributed by atoms with Crippen molar-refractivity contribution in [2.45, 2.75) is 13.2 Å². The third kappa shape index (κ3) is 3.50. The smallest absolute Gasteiger partial charge is 0.333 e. The van der Waals surface area contributed by atoms with E-state index < -0.39 is 12.3 Å². The number of hydrogen-bond acceptors (Lipinski definition) is 4. The lowest BCUT2D eigenvalue weighted by molar-refractivity contribution is -0.158. The van der Waals surface area contributed by atoms with E-state index in [2.05, 4.69) is 16.1 Å². The summed E-state index contributed by atoms with van der Waals surface area (Å²) >= 11 is 0. The molecule has 0 aliphatic rings. The van der Waals surface area contributed by atoms with E-state index in [0.717, 1.165) is 6.08 Å². The van der Waals surface area contributed by atoms with E-state index >= 15 is 0 Å². The maximum atomic E-state index is 10.4. The van der Waals surface area contributed by atoms with Crippen LogP contribution in [0, 0.1) is 11.5 Å². The van der Waals surface area contributed by atoms with Gasteiger partial charge in [-0.3, -0.25) is 0 Å². The van der Waals surface area contributed by atoms with Gasteiger partial charge in [0.25, 0.3) is 12.5 Å². The van der Waals surface area contributed by atoms with E-state index in [9.17, 15) is 4.79 Å². The minimum atomic E-state index is -0.838. The second-order valence-electron chi connectivity index (χ2n) is 1.42. The van der Waals surface area contributed by atoms with Gasteiger partial charge in [-0.15, -0.1) is 0 Å². The van der Waals surface area contributed by atoms with Crippen molar-refractivity contribution in [3.8, 4) is 6.26 Å². The van der Waals surface area contributed by atoms with E-state index in [-0.39, 0.29) is 0 Å². The lowest BCUT2D eigenvalue weighted by Crippen LogP contribution is -2.13. The zero-order valence-corrected chi connectivity index (χ0v) is 5.53. The van der Waals surface area contributed by atoms with Gasteiger partial charge in [-0.25, -0.2) is 4.79 Å². The molecule has 0 heterocycles.